The number of methoxy groups -OCH3 is 2. The summed E-state index contributed by atoms with van der Waals surface area (Å²) in [7, 11) is 5.20. The van der Waals surface area contributed by atoms with E-state index in [0.29, 0.717) is 0 Å². The van der Waals surface area contributed by atoms with Crippen molar-refractivity contribution in [2.75, 3.05) is 40.1 Å². The second kappa shape index (κ2) is 11.7. The SMILES string of the molecule is CN=C(NCCCSc1nccs1)N1CCc2cc(OC)c(OC)cc2C1.I. The van der Waals surface area contributed by atoms with Crippen LogP contribution in [0.15, 0.2) is 33.0 Å². The summed E-state index contributed by atoms with van der Waals surface area (Å²) in [6, 6.07) is 4.18. The topological polar surface area (TPSA) is 59.0 Å². The number of nitrogens with zero attached hydrogens (tertiary/aromatic N) is 3. The van der Waals surface area contributed by atoms with Crippen LogP contribution in [0.4, 0.5) is 0 Å². The first-order chi connectivity index (χ1) is 13.2. The molecular formula is C19H27IN4O2S2. The molecule has 0 saturated heterocycles. The number of hydrogen-bond acceptors (Lipinski definition) is 6. The van der Waals surface area contributed by atoms with Gasteiger partial charge in [-0.1, -0.05) is 11.8 Å². The first-order valence-electron chi connectivity index (χ1n) is 8.96. The highest BCUT2D eigenvalue weighted by Crippen LogP contribution is 2.33. The minimum atomic E-state index is 0. The molecule has 0 bridgehead atoms. The van der Waals surface area contributed by atoms with Crippen molar-refractivity contribution in [2.45, 2.75) is 23.7 Å². The Balaban J connectivity index is 0.00000280. The van der Waals surface area contributed by atoms with E-state index in [1.165, 1.54) is 11.1 Å². The highest BCUT2D eigenvalue weighted by molar-refractivity contribution is 14.0. The lowest BCUT2D eigenvalue weighted by Crippen LogP contribution is -2.44. The van der Waals surface area contributed by atoms with Gasteiger partial charge in [0.1, 0.15) is 4.34 Å². The van der Waals surface area contributed by atoms with Crippen LogP contribution in [0.25, 0.3) is 0 Å². The van der Waals surface area contributed by atoms with Gasteiger partial charge in [0.2, 0.25) is 0 Å². The number of rotatable bonds is 7. The van der Waals surface area contributed by atoms with Gasteiger partial charge < -0.3 is 19.7 Å². The summed E-state index contributed by atoms with van der Waals surface area (Å²) in [6.45, 7) is 2.67. The van der Waals surface area contributed by atoms with E-state index >= 15 is 0 Å². The lowest BCUT2D eigenvalue weighted by Gasteiger charge is -2.32. The number of fused-ring (bicyclic) bond motifs is 1. The highest BCUT2D eigenvalue weighted by atomic mass is 127. The number of halogens is 1. The molecule has 0 atom stereocenters. The van der Waals surface area contributed by atoms with Gasteiger partial charge in [-0.05, 0) is 36.1 Å². The van der Waals surface area contributed by atoms with Gasteiger partial charge in [0.25, 0.3) is 0 Å². The van der Waals surface area contributed by atoms with E-state index in [-0.39, 0.29) is 24.0 Å². The first kappa shape index (κ1) is 23.1. The minimum absolute atomic E-state index is 0. The maximum atomic E-state index is 5.45. The number of thioether (sulfide) groups is 1. The molecule has 0 spiro atoms. The number of thiazole rings is 1. The first-order valence-corrected chi connectivity index (χ1v) is 10.8. The van der Waals surface area contributed by atoms with Crippen molar-refractivity contribution in [1.82, 2.24) is 15.2 Å². The summed E-state index contributed by atoms with van der Waals surface area (Å²) in [5.41, 5.74) is 2.58. The lowest BCUT2D eigenvalue weighted by atomic mass is 9.99. The normalized spacial score (nSPS) is 13.5. The van der Waals surface area contributed by atoms with Crippen molar-refractivity contribution in [3.63, 3.8) is 0 Å². The molecule has 1 aromatic carbocycles. The van der Waals surface area contributed by atoms with Gasteiger partial charge in [-0.2, -0.15) is 0 Å². The molecule has 3 rings (SSSR count). The predicted octanol–water partition coefficient (Wildman–Crippen LogP) is 3.89. The molecule has 1 N–H and O–H groups in total. The van der Waals surface area contributed by atoms with Crippen LogP contribution < -0.4 is 14.8 Å². The average molecular weight is 534 g/mol. The lowest BCUT2D eigenvalue weighted by molar-refractivity contribution is 0.346. The maximum absolute atomic E-state index is 5.45. The molecule has 0 radical (unpaired) electrons. The Morgan fingerprint density at radius 3 is 2.68 bits per heavy atom. The van der Waals surface area contributed by atoms with E-state index in [1.807, 2.05) is 30.4 Å². The van der Waals surface area contributed by atoms with Crippen LogP contribution in [0, 0.1) is 0 Å². The van der Waals surface area contributed by atoms with E-state index in [4.69, 9.17) is 9.47 Å². The third kappa shape index (κ3) is 5.90. The van der Waals surface area contributed by atoms with Gasteiger partial charge in [0.05, 0.1) is 14.2 Å². The monoisotopic (exact) mass is 534 g/mol. The summed E-state index contributed by atoms with van der Waals surface area (Å²) in [5, 5.41) is 5.51. The second-order valence-electron chi connectivity index (χ2n) is 6.12. The summed E-state index contributed by atoms with van der Waals surface area (Å²) in [6.07, 6.45) is 3.89. The standard InChI is InChI=1S/C19H26N4O2S2.HI/c1-20-18(21-6-4-9-26-19-22-7-10-27-19)23-8-5-14-11-16(24-2)17(25-3)12-15(14)13-23;/h7,10-12H,4-6,8-9,13H2,1-3H3,(H,20,21);1H. The highest BCUT2D eigenvalue weighted by Gasteiger charge is 2.21. The fourth-order valence-electron chi connectivity index (χ4n) is 3.11. The molecule has 28 heavy (non-hydrogen) atoms. The Kier molecular flexibility index (Phi) is 9.66. The van der Waals surface area contributed by atoms with Crippen molar-refractivity contribution in [1.29, 1.82) is 0 Å². The molecule has 0 amide bonds. The van der Waals surface area contributed by atoms with Crippen molar-refractivity contribution in [3.8, 4) is 11.5 Å². The Morgan fingerprint density at radius 2 is 2.04 bits per heavy atom. The molecule has 2 aromatic rings. The van der Waals surface area contributed by atoms with Crippen LogP contribution in [-0.4, -0.2) is 56.0 Å². The van der Waals surface area contributed by atoms with E-state index < -0.39 is 0 Å². The smallest absolute Gasteiger partial charge is 0.193 e. The number of aromatic nitrogens is 1. The van der Waals surface area contributed by atoms with Crippen LogP contribution >= 0.6 is 47.1 Å². The maximum Gasteiger partial charge on any atom is 0.193 e. The zero-order valence-electron chi connectivity index (χ0n) is 16.4. The summed E-state index contributed by atoms with van der Waals surface area (Å²) in [4.78, 5) is 11.1. The molecule has 1 aliphatic rings. The quantitative estimate of drug-likeness (QED) is 0.191. The molecule has 1 aliphatic heterocycles. The summed E-state index contributed by atoms with van der Waals surface area (Å²) < 4.78 is 12.0. The van der Waals surface area contributed by atoms with Gasteiger partial charge in [-0.15, -0.1) is 35.3 Å². The molecule has 0 aliphatic carbocycles. The third-order valence-electron chi connectivity index (χ3n) is 4.47. The van der Waals surface area contributed by atoms with Crippen LogP contribution in [-0.2, 0) is 13.0 Å². The van der Waals surface area contributed by atoms with Crippen LogP contribution in [0.2, 0.25) is 0 Å². The van der Waals surface area contributed by atoms with Gasteiger partial charge in [0, 0.05) is 44.0 Å². The van der Waals surface area contributed by atoms with Gasteiger partial charge >= 0.3 is 0 Å². The second-order valence-corrected chi connectivity index (χ2v) is 8.36. The third-order valence-corrected chi connectivity index (χ3v) is 6.52. The van der Waals surface area contributed by atoms with Crippen molar-refractivity contribution in [2.24, 2.45) is 4.99 Å². The fraction of sp³-hybridized carbons (Fsp3) is 0.474. The zero-order valence-corrected chi connectivity index (χ0v) is 20.4. The summed E-state index contributed by atoms with van der Waals surface area (Å²) >= 11 is 3.50. The van der Waals surface area contributed by atoms with Crippen molar-refractivity contribution < 1.29 is 9.47 Å². The molecule has 9 heteroatoms. The number of guanidine groups is 1. The number of benzene rings is 1. The predicted molar refractivity (Wildman–Crippen MR) is 128 cm³/mol. The Labute approximate surface area is 192 Å². The molecule has 0 fully saturated rings. The Bertz CT molecular complexity index is 772. The molecule has 0 saturated carbocycles. The van der Waals surface area contributed by atoms with Gasteiger partial charge in [-0.25, -0.2) is 4.98 Å². The average Bonchev–Trinajstić information content (AvgIpc) is 3.22. The van der Waals surface area contributed by atoms with Gasteiger partial charge in [-0.3, -0.25) is 4.99 Å². The number of nitrogens with one attached hydrogen (secondary N) is 1. The fourth-order valence-corrected chi connectivity index (χ4v) is 4.76. The molecular weight excluding hydrogens is 507 g/mol. The van der Waals surface area contributed by atoms with E-state index in [0.717, 1.165) is 60.0 Å². The molecule has 154 valence electrons. The molecule has 2 heterocycles. The molecule has 0 unspecified atom stereocenters. The van der Waals surface area contributed by atoms with E-state index in [2.05, 4.69) is 32.3 Å². The van der Waals surface area contributed by atoms with Crippen molar-refractivity contribution in [3.05, 3.63) is 34.8 Å². The minimum Gasteiger partial charge on any atom is -0.493 e. The van der Waals surface area contributed by atoms with Gasteiger partial charge in [0.15, 0.2) is 17.5 Å². The number of hydrogen-bond donors (Lipinski definition) is 1. The van der Waals surface area contributed by atoms with E-state index in [1.54, 1.807) is 25.6 Å². The van der Waals surface area contributed by atoms with Crippen LogP contribution in [0.1, 0.15) is 17.5 Å². The largest absolute Gasteiger partial charge is 0.493 e. The summed E-state index contributed by atoms with van der Waals surface area (Å²) in [5.74, 6) is 3.58. The van der Waals surface area contributed by atoms with Crippen LogP contribution in [0.3, 0.4) is 0 Å². The number of aliphatic imine (C=N–C) groups is 1. The Morgan fingerprint density at radius 1 is 1.29 bits per heavy atom. The number of ether oxygens (including phenoxy) is 2. The molecule has 6 nitrogen and oxygen atoms in total. The Hall–Kier alpha value is -1.20. The van der Waals surface area contributed by atoms with Crippen molar-refractivity contribution >= 4 is 53.0 Å². The molecule has 1 aromatic heterocycles. The van der Waals surface area contributed by atoms with E-state index in [9.17, 15) is 0 Å². The zero-order chi connectivity index (χ0) is 19.1. The van der Waals surface area contributed by atoms with Crippen LogP contribution in [0.5, 0.6) is 11.5 Å².